The van der Waals surface area contributed by atoms with Crippen LogP contribution in [0.15, 0.2) is 35.3 Å². The second kappa shape index (κ2) is 9.48. The maximum Gasteiger partial charge on any atom is 0.410 e. The van der Waals surface area contributed by atoms with E-state index in [0.717, 1.165) is 18.3 Å². The number of aliphatic imine (C=N–C) groups is 1. The predicted octanol–water partition coefficient (Wildman–Crippen LogP) is 2.56. The van der Waals surface area contributed by atoms with Crippen LogP contribution in [0.4, 0.5) is 4.79 Å². The number of guanidine groups is 1. The highest BCUT2D eigenvalue weighted by atomic mass is 127. The van der Waals surface area contributed by atoms with Crippen molar-refractivity contribution >= 4 is 36.0 Å². The fraction of sp³-hybridized carbons (Fsp3) is 0.579. The van der Waals surface area contributed by atoms with Gasteiger partial charge in [0.2, 0.25) is 0 Å². The number of rotatable bonds is 4. The Morgan fingerprint density at radius 3 is 2.70 bits per heavy atom. The molecule has 0 radical (unpaired) electrons. The number of fused-ring (bicyclic) bond motifs is 1. The van der Waals surface area contributed by atoms with E-state index in [-0.39, 0.29) is 36.1 Å². The summed E-state index contributed by atoms with van der Waals surface area (Å²) in [6.07, 6.45) is -0.241. The number of ether oxygens (including phenoxy) is 2. The standard InChI is InChI=1S/C19H28N4O3.HI/c1-19(2,3)26-18(24)22-10-11-23-15(14-22)13-21-17(23)20-9-12-25-16-7-5-4-6-8-16;/h4-8,15H,9-14H2,1-3H3,(H,20,21);1H. The van der Waals surface area contributed by atoms with Crippen LogP contribution in [0.2, 0.25) is 0 Å². The Labute approximate surface area is 178 Å². The van der Waals surface area contributed by atoms with E-state index in [4.69, 9.17) is 9.47 Å². The third kappa shape index (κ3) is 6.15. The molecule has 1 fully saturated rings. The number of piperazine rings is 1. The number of amides is 1. The monoisotopic (exact) mass is 488 g/mol. The van der Waals surface area contributed by atoms with Crippen LogP contribution in [-0.2, 0) is 4.74 Å². The molecule has 1 aromatic rings. The molecular formula is C19H29IN4O3. The number of halogens is 1. The lowest BCUT2D eigenvalue weighted by molar-refractivity contribution is 0.0137. The summed E-state index contributed by atoms with van der Waals surface area (Å²) < 4.78 is 11.2. The van der Waals surface area contributed by atoms with E-state index >= 15 is 0 Å². The van der Waals surface area contributed by atoms with Gasteiger partial charge in [-0.05, 0) is 32.9 Å². The molecule has 0 bridgehead atoms. The van der Waals surface area contributed by atoms with Gasteiger partial charge in [-0.3, -0.25) is 4.99 Å². The highest BCUT2D eigenvalue weighted by molar-refractivity contribution is 14.0. The summed E-state index contributed by atoms with van der Waals surface area (Å²) in [5, 5.41) is 3.35. The largest absolute Gasteiger partial charge is 0.492 e. The van der Waals surface area contributed by atoms with Gasteiger partial charge in [0, 0.05) is 19.6 Å². The molecule has 3 rings (SSSR count). The Kier molecular flexibility index (Phi) is 7.58. The Morgan fingerprint density at radius 1 is 1.26 bits per heavy atom. The average molecular weight is 488 g/mol. The van der Waals surface area contributed by atoms with Crippen LogP contribution >= 0.6 is 24.0 Å². The van der Waals surface area contributed by atoms with E-state index in [1.165, 1.54) is 0 Å². The van der Waals surface area contributed by atoms with E-state index in [1.54, 1.807) is 4.90 Å². The van der Waals surface area contributed by atoms with Crippen LogP contribution in [0.5, 0.6) is 5.75 Å². The van der Waals surface area contributed by atoms with Crippen molar-refractivity contribution in [2.45, 2.75) is 32.4 Å². The van der Waals surface area contributed by atoms with Gasteiger partial charge >= 0.3 is 6.09 Å². The van der Waals surface area contributed by atoms with Crippen LogP contribution in [0.25, 0.3) is 0 Å². The lowest BCUT2D eigenvalue weighted by atomic mass is 10.2. The van der Waals surface area contributed by atoms with Gasteiger partial charge in [0.05, 0.1) is 19.1 Å². The van der Waals surface area contributed by atoms with Crippen molar-refractivity contribution in [2.75, 3.05) is 39.3 Å². The summed E-state index contributed by atoms with van der Waals surface area (Å²) in [6, 6.07) is 9.98. The lowest BCUT2D eigenvalue weighted by Crippen LogP contribution is -2.57. The summed E-state index contributed by atoms with van der Waals surface area (Å²) in [5.74, 6) is 1.77. The number of benzene rings is 1. The van der Waals surface area contributed by atoms with Crippen molar-refractivity contribution < 1.29 is 14.3 Å². The molecule has 1 amide bonds. The van der Waals surface area contributed by atoms with Crippen molar-refractivity contribution in [3.63, 3.8) is 0 Å². The number of para-hydroxylation sites is 1. The van der Waals surface area contributed by atoms with Gasteiger partial charge in [0.25, 0.3) is 0 Å². The normalized spacial score (nSPS) is 18.9. The number of hydrogen-bond donors (Lipinski definition) is 1. The molecule has 0 saturated carbocycles. The van der Waals surface area contributed by atoms with E-state index in [0.29, 0.717) is 32.8 Å². The molecule has 7 nitrogen and oxygen atoms in total. The van der Waals surface area contributed by atoms with Crippen molar-refractivity contribution in [1.82, 2.24) is 15.1 Å². The number of hydrogen-bond acceptors (Lipinski definition) is 6. The minimum Gasteiger partial charge on any atom is -0.492 e. The molecule has 8 heteroatoms. The molecule has 2 aliphatic heterocycles. The van der Waals surface area contributed by atoms with Crippen LogP contribution in [0, 0.1) is 0 Å². The molecule has 27 heavy (non-hydrogen) atoms. The molecule has 150 valence electrons. The van der Waals surface area contributed by atoms with Gasteiger partial charge < -0.3 is 24.6 Å². The van der Waals surface area contributed by atoms with Crippen LogP contribution in [0.3, 0.4) is 0 Å². The van der Waals surface area contributed by atoms with Crippen molar-refractivity contribution in [3.8, 4) is 5.75 Å². The van der Waals surface area contributed by atoms with E-state index in [2.05, 4.69) is 15.2 Å². The number of nitrogens with one attached hydrogen (secondary N) is 1. The van der Waals surface area contributed by atoms with Crippen molar-refractivity contribution in [1.29, 1.82) is 0 Å². The van der Waals surface area contributed by atoms with E-state index in [9.17, 15) is 4.79 Å². The summed E-state index contributed by atoms with van der Waals surface area (Å²) >= 11 is 0. The highest BCUT2D eigenvalue weighted by Crippen LogP contribution is 2.18. The number of nitrogens with zero attached hydrogens (tertiary/aromatic N) is 3. The fourth-order valence-corrected chi connectivity index (χ4v) is 3.07. The number of carbonyl (C=O) groups excluding carboxylic acids is 1. The minimum absolute atomic E-state index is 0. The third-order valence-corrected chi connectivity index (χ3v) is 4.26. The Morgan fingerprint density at radius 2 is 2.00 bits per heavy atom. The minimum atomic E-state index is -0.466. The summed E-state index contributed by atoms with van der Waals surface area (Å²) in [5.41, 5.74) is -0.466. The molecule has 1 atom stereocenters. The first-order chi connectivity index (χ1) is 12.4. The first kappa shape index (κ1) is 21.6. The Bertz CT molecular complexity index is 648. The van der Waals surface area contributed by atoms with E-state index < -0.39 is 5.60 Å². The van der Waals surface area contributed by atoms with Gasteiger partial charge in [0.15, 0.2) is 5.96 Å². The van der Waals surface area contributed by atoms with Crippen molar-refractivity contribution in [3.05, 3.63) is 30.3 Å². The maximum absolute atomic E-state index is 12.2. The smallest absolute Gasteiger partial charge is 0.410 e. The zero-order valence-electron chi connectivity index (χ0n) is 16.2. The molecule has 2 heterocycles. The molecule has 1 saturated heterocycles. The van der Waals surface area contributed by atoms with Crippen molar-refractivity contribution in [2.24, 2.45) is 4.99 Å². The van der Waals surface area contributed by atoms with Crippen LogP contribution in [0.1, 0.15) is 20.8 Å². The topological polar surface area (TPSA) is 66.4 Å². The van der Waals surface area contributed by atoms with E-state index in [1.807, 2.05) is 51.1 Å². The molecule has 1 unspecified atom stereocenters. The fourth-order valence-electron chi connectivity index (χ4n) is 3.07. The van der Waals surface area contributed by atoms with Crippen LogP contribution in [-0.4, -0.2) is 72.8 Å². The quantitative estimate of drug-likeness (QED) is 0.522. The molecular weight excluding hydrogens is 459 g/mol. The SMILES string of the molecule is CC(C)(C)OC(=O)N1CCN2C(NCCOc3ccccc3)=NCC2C1.I. The van der Waals surface area contributed by atoms with Gasteiger partial charge in [-0.25, -0.2) is 4.79 Å². The first-order valence-electron chi connectivity index (χ1n) is 9.13. The second-order valence-electron chi connectivity index (χ2n) is 7.53. The molecule has 0 spiro atoms. The number of carbonyl (C=O) groups is 1. The predicted molar refractivity (Wildman–Crippen MR) is 116 cm³/mol. The molecule has 2 aliphatic rings. The highest BCUT2D eigenvalue weighted by Gasteiger charge is 2.36. The average Bonchev–Trinajstić information content (AvgIpc) is 3.00. The zero-order valence-corrected chi connectivity index (χ0v) is 18.5. The zero-order chi connectivity index (χ0) is 18.6. The molecule has 0 aromatic heterocycles. The van der Waals surface area contributed by atoms with Gasteiger partial charge in [-0.15, -0.1) is 24.0 Å². The lowest BCUT2D eigenvalue weighted by Gasteiger charge is -2.39. The van der Waals surface area contributed by atoms with Crippen LogP contribution < -0.4 is 10.1 Å². The Balaban J connectivity index is 0.00000261. The summed E-state index contributed by atoms with van der Waals surface area (Å²) in [7, 11) is 0. The summed E-state index contributed by atoms with van der Waals surface area (Å²) in [6.45, 7) is 9.67. The molecule has 1 aromatic carbocycles. The summed E-state index contributed by atoms with van der Waals surface area (Å²) in [4.78, 5) is 20.9. The third-order valence-electron chi connectivity index (χ3n) is 4.26. The Hall–Kier alpha value is -1.71. The van der Waals surface area contributed by atoms with Gasteiger partial charge in [-0.1, -0.05) is 18.2 Å². The van der Waals surface area contributed by atoms with Gasteiger partial charge in [-0.2, -0.15) is 0 Å². The second-order valence-corrected chi connectivity index (χ2v) is 7.53. The molecule has 1 N–H and O–H groups in total. The first-order valence-corrected chi connectivity index (χ1v) is 9.13. The van der Waals surface area contributed by atoms with Gasteiger partial charge in [0.1, 0.15) is 18.0 Å². The maximum atomic E-state index is 12.2. The molecule has 0 aliphatic carbocycles.